The number of benzene rings is 2. The van der Waals surface area contributed by atoms with E-state index in [4.69, 9.17) is 4.12 Å². The van der Waals surface area contributed by atoms with Crippen LogP contribution in [0.2, 0.25) is 13.1 Å². The molecular weight excluding hydrogens is 284 g/mol. The Hall–Kier alpha value is -0.989. The molecule has 1 unspecified atom stereocenters. The van der Waals surface area contributed by atoms with Crippen molar-refractivity contribution in [2.75, 3.05) is 0 Å². The molecule has 2 nitrogen and oxygen atoms in total. The molecule has 0 saturated carbocycles. The third-order valence-corrected chi connectivity index (χ3v) is 13.3. The van der Waals surface area contributed by atoms with Crippen molar-refractivity contribution >= 4 is 36.5 Å². The third-order valence-electron chi connectivity index (χ3n) is 3.34. The zero-order valence-electron chi connectivity index (χ0n) is 11.4. The van der Waals surface area contributed by atoms with Crippen molar-refractivity contribution in [2.24, 2.45) is 0 Å². The van der Waals surface area contributed by atoms with E-state index in [1.54, 1.807) is 0 Å². The van der Waals surface area contributed by atoms with Gasteiger partial charge in [-0.1, -0.05) is 67.2 Å². The topological polar surface area (TPSA) is 29.5 Å². The van der Waals surface area contributed by atoms with E-state index in [0.29, 0.717) is 0 Å². The smallest absolute Gasteiger partial charge is 0.241 e. The molecule has 2 aromatic rings. The van der Waals surface area contributed by atoms with Crippen LogP contribution in [0.15, 0.2) is 60.7 Å². The fourth-order valence-corrected chi connectivity index (χ4v) is 12.5. The van der Waals surface area contributed by atoms with Gasteiger partial charge in [-0.15, -0.1) is 0 Å². The summed E-state index contributed by atoms with van der Waals surface area (Å²) in [6.45, 7) is 4.36. The van der Waals surface area contributed by atoms with Crippen molar-refractivity contribution in [2.45, 2.75) is 13.1 Å². The first-order chi connectivity index (χ1) is 9.16. The Bertz CT molecular complexity index is 465. The fraction of sp³-hybridized carbons (Fsp3) is 0.143. The Morgan fingerprint density at radius 2 is 1.37 bits per heavy atom. The second-order valence-corrected chi connectivity index (χ2v) is 15.6. The van der Waals surface area contributed by atoms with E-state index in [-0.39, 0.29) is 0 Å². The highest BCUT2D eigenvalue weighted by molar-refractivity contribution is 7.11. The van der Waals surface area contributed by atoms with E-state index in [2.05, 4.69) is 61.6 Å². The molecule has 2 aromatic carbocycles. The molecule has 0 aromatic heterocycles. The van der Waals surface area contributed by atoms with Crippen LogP contribution in [0, 0.1) is 0 Å². The largest absolute Gasteiger partial charge is 0.452 e. The van der Waals surface area contributed by atoms with Crippen molar-refractivity contribution in [3.05, 3.63) is 60.7 Å². The van der Waals surface area contributed by atoms with Gasteiger partial charge in [-0.05, 0) is 16.9 Å². The van der Waals surface area contributed by atoms with E-state index in [1.165, 1.54) is 10.4 Å². The van der Waals surface area contributed by atoms with Gasteiger partial charge in [-0.25, -0.2) is 0 Å². The molecule has 0 fully saturated rings. The van der Waals surface area contributed by atoms with E-state index >= 15 is 0 Å². The van der Waals surface area contributed by atoms with Gasteiger partial charge in [0, 0.05) is 0 Å². The van der Waals surface area contributed by atoms with Crippen LogP contribution in [-0.2, 0) is 4.12 Å². The lowest BCUT2D eigenvalue weighted by molar-refractivity contribution is 0.576. The Morgan fingerprint density at radius 1 is 0.947 bits per heavy atom. The first kappa shape index (κ1) is 14.4. The van der Waals surface area contributed by atoms with Crippen LogP contribution in [-0.4, -0.2) is 31.0 Å². The van der Waals surface area contributed by atoms with Crippen molar-refractivity contribution < 1.29 is 8.91 Å². The molecule has 0 spiro atoms. The third kappa shape index (κ3) is 3.31. The Labute approximate surface area is 119 Å². The molecule has 0 aliphatic carbocycles. The highest BCUT2D eigenvalue weighted by atomic mass is 29.2. The monoisotopic (exact) mass is 304 g/mol. The van der Waals surface area contributed by atoms with Crippen molar-refractivity contribution in [3.8, 4) is 0 Å². The summed E-state index contributed by atoms with van der Waals surface area (Å²) in [7, 11) is -4.54. The Balaban J connectivity index is 2.44. The van der Waals surface area contributed by atoms with Crippen LogP contribution in [0.1, 0.15) is 0 Å². The minimum atomic E-state index is -2.15. The molecular formula is C14H20O2Si3. The lowest BCUT2D eigenvalue weighted by atomic mass is 10.4. The van der Waals surface area contributed by atoms with Crippen LogP contribution < -0.4 is 10.4 Å². The van der Waals surface area contributed by atoms with Crippen LogP contribution in [0.5, 0.6) is 0 Å². The number of hydrogen-bond donors (Lipinski definition) is 1. The summed E-state index contributed by atoms with van der Waals surface area (Å²) in [4.78, 5) is 9.49. The van der Waals surface area contributed by atoms with E-state index < -0.39 is 26.2 Å². The molecule has 5 heteroatoms. The standard InChI is InChI=1S/C14H20O2Si3/c1-18(17-15)16-19(2,13-9-5-3-6-10-13)14-11-7-4-8-12-14/h3-12,15,18H,17H2,1-2H3. The average Bonchev–Trinajstić information content (AvgIpc) is 2.48. The summed E-state index contributed by atoms with van der Waals surface area (Å²) >= 11 is 0. The molecule has 0 saturated heterocycles. The average molecular weight is 305 g/mol. The molecule has 19 heavy (non-hydrogen) atoms. The lowest BCUT2D eigenvalue weighted by Crippen LogP contribution is -2.61. The SMILES string of the molecule is C[SiH](O[Si](C)(c1ccccc1)c1ccccc1)[SiH2]O. The van der Waals surface area contributed by atoms with Gasteiger partial charge < -0.3 is 8.91 Å². The quantitative estimate of drug-likeness (QED) is 0.806. The molecule has 0 heterocycles. The van der Waals surface area contributed by atoms with Crippen molar-refractivity contribution in [1.82, 2.24) is 0 Å². The van der Waals surface area contributed by atoms with Gasteiger partial charge in [0.15, 0.2) is 17.8 Å². The van der Waals surface area contributed by atoms with E-state index in [1.807, 2.05) is 12.1 Å². The first-order valence-electron chi connectivity index (χ1n) is 6.56. The molecule has 0 bridgehead atoms. The summed E-state index contributed by atoms with van der Waals surface area (Å²) in [6, 6.07) is 20.9. The minimum Gasteiger partial charge on any atom is -0.452 e. The second-order valence-electron chi connectivity index (χ2n) is 4.88. The van der Waals surface area contributed by atoms with Crippen LogP contribution >= 0.6 is 0 Å². The summed E-state index contributed by atoms with van der Waals surface area (Å²) < 4.78 is 6.45. The maximum absolute atomic E-state index is 9.49. The zero-order chi connectivity index (χ0) is 13.7. The van der Waals surface area contributed by atoms with Gasteiger partial charge in [-0.3, -0.25) is 0 Å². The number of rotatable bonds is 5. The van der Waals surface area contributed by atoms with Crippen LogP contribution in [0.4, 0.5) is 0 Å². The summed E-state index contributed by atoms with van der Waals surface area (Å²) in [5.41, 5.74) is 0. The molecule has 1 atom stereocenters. The molecule has 2 rings (SSSR count). The van der Waals surface area contributed by atoms with Gasteiger partial charge in [0.25, 0.3) is 0 Å². The Kier molecular flexibility index (Phi) is 4.89. The number of hydrogen-bond acceptors (Lipinski definition) is 2. The van der Waals surface area contributed by atoms with Gasteiger partial charge in [0.1, 0.15) is 0 Å². The first-order valence-corrected chi connectivity index (χ1v) is 14.5. The maximum atomic E-state index is 9.49. The van der Waals surface area contributed by atoms with Gasteiger partial charge in [-0.2, -0.15) is 0 Å². The molecule has 100 valence electrons. The predicted molar refractivity (Wildman–Crippen MR) is 88.6 cm³/mol. The minimum absolute atomic E-state index is 1.000. The highest BCUT2D eigenvalue weighted by Crippen LogP contribution is 2.08. The van der Waals surface area contributed by atoms with Crippen molar-refractivity contribution in [1.29, 1.82) is 0 Å². The van der Waals surface area contributed by atoms with E-state index in [0.717, 1.165) is 0 Å². The predicted octanol–water partition coefficient (Wildman–Crippen LogP) is 0.319. The maximum Gasteiger partial charge on any atom is 0.241 e. The second kappa shape index (κ2) is 6.45. The summed E-state index contributed by atoms with van der Waals surface area (Å²) in [5, 5.41) is 2.56. The lowest BCUT2D eigenvalue weighted by Gasteiger charge is -2.31. The summed E-state index contributed by atoms with van der Waals surface area (Å²) in [5.74, 6) is 0. The van der Waals surface area contributed by atoms with E-state index in [9.17, 15) is 4.80 Å². The van der Waals surface area contributed by atoms with Crippen LogP contribution in [0.3, 0.4) is 0 Å². The van der Waals surface area contributed by atoms with Gasteiger partial charge in [0.2, 0.25) is 8.32 Å². The molecule has 0 aliphatic rings. The fourth-order valence-electron chi connectivity index (χ4n) is 2.25. The summed E-state index contributed by atoms with van der Waals surface area (Å²) in [6.07, 6.45) is 0. The van der Waals surface area contributed by atoms with Crippen molar-refractivity contribution in [3.63, 3.8) is 0 Å². The molecule has 0 aliphatic heterocycles. The van der Waals surface area contributed by atoms with Crippen LogP contribution in [0.25, 0.3) is 0 Å². The molecule has 0 radical (unpaired) electrons. The Morgan fingerprint density at radius 3 is 1.74 bits per heavy atom. The molecule has 1 N–H and O–H groups in total. The highest BCUT2D eigenvalue weighted by Gasteiger charge is 2.35. The van der Waals surface area contributed by atoms with Gasteiger partial charge in [0.05, 0.1) is 0 Å². The zero-order valence-corrected chi connectivity index (χ0v) is 15.0. The normalized spacial score (nSPS) is 13.8. The van der Waals surface area contributed by atoms with Gasteiger partial charge >= 0.3 is 0 Å². The molecule has 0 amide bonds.